The van der Waals surface area contributed by atoms with Crippen molar-refractivity contribution in [1.29, 1.82) is 0 Å². The second kappa shape index (κ2) is 10.9. The third kappa shape index (κ3) is 9.50. The lowest BCUT2D eigenvalue weighted by Crippen LogP contribution is -2.40. The molecule has 0 heterocycles. The van der Waals surface area contributed by atoms with Gasteiger partial charge in [0.1, 0.15) is 0 Å². The smallest absolute Gasteiger partial charge is 0.0742 e. The van der Waals surface area contributed by atoms with Crippen molar-refractivity contribution in [3.8, 4) is 0 Å². The summed E-state index contributed by atoms with van der Waals surface area (Å²) in [4.78, 5) is 0. The summed E-state index contributed by atoms with van der Waals surface area (Å²) in [6.07, 6.45) is 1.76. The largest absolute Gasteiger partial charge is 0.382 e. The number of rotatable bonds is 11. The minimum Gasteiger partial charge on any atom is -0.382 e. The van der Waals surface area contributed by atoms with Gasteiger partial charge in [-0.05, 0) is 33.2 Å². The Balaban J connectivity index is 3.76. The Bertz CT molecular complexity index is 168. The van der Waals surface area contributed by atoms with E-state index in [1.807, 2.05) is 13.8 Å². The highest BCUT2D eigenvalue weighted by atomic mass is 16.5. The third-order valence-corrected chi connectivity index (χ3v) is 2.40. The molecule has 0 saturated heterocycles. The van der Waals surface area contributed by atoms with Crippen LogP contribution in [0.15, 0.2) is 0 Å². The fourth-order valence-corrected chi connectivity index (χ4v) is 1.55. The average molecular weight is 248 g/mol. The van der Waals surface area contributed by atoms with Gasteiger partial charge in [0.2, 0.25) is 0 Å². The molecule has 17 heavy (non-hydrogen) atoms. The number of hydrogen-bond donors (Lipinski definition) is 2. The Morgan fingerprint density at radius 2 is 1.76 bits per heavy atom. The monoisotopic (exact) mass is 248 g/mol. The molecule has 104 valence electrons. The molecule has 0 fully saturated rings. The van der Waals surface area contributed by atoms with Crippen LogP contribution in [-0.4, -0.2) is 51.7 Å². The molecule has 0 aromatic carbocycles. The number of methoxy groups -OCH3 is 1. The van der Waals surface area contributed by atoms with Crippen molar-refractivity contribution in [3.63, 3.8) is 0 Å². The van der Waals surface area contributed by atoms with Gasteiger partial charge in [-0.3, -0.25) is 0 Å². The van der Waals surface area contributed by atoms with Crippen LogP contribution in [-0.2, 0) is 14.2 Å². The molecule has 0 aromatic heterocycles. The van der Waals surface area contributed by atoms with Gasteiger partial charge >= 0.3 is 0 Å². The summed E-state index contributed by atoms with van der Waals surface area (Å²) in [7, 11) is 1.66. The number of nitrogens with two attached hydrogens (primary N) is 2. The summed E-state index contributed by atoms with van der Waals surface area (Å²) in [5.74, 6) is 0. The molecule has 0 radical (unpaired) electrons. The van der Waals surface area contributed by atoms with E-state index in [0.29, 0.717) is 26.4 Å². The zero-order valence-corrected chi connectivity index (χ0v) is 11.4. The van der Waals surface area contributed by atoms with Gasteiger partial charge in [-0.2, -0.15) is 0 Å². The maximum absolute atomic E-state index is 6.08. The molecule has 0 amide bonds. The van der Waals surface area contributed by atoms with E-state index in [-0.39, 0.29) is 18.2 Å². The first-order valence-electron chi connectivity index (χ1n) is 6.29. The maximum Gasteiger partial charge on any atom is 0.0742 e. The lowest BCUT2D eigenvalue weighted by atomic mass is 10.1. The van der Waals surface area contributed by atoms with Crippen molar-refractivity contribution >= 4 is 0 Å². The predicted octanol–water partition coefficient (Wildman–Crippen LogP) is 0.509. The molecule has 0 aliphatic rings. The van der Waals surface area contributed by atoms with E-state index in [1.165, 1.54) is 0 Å². The topological polar surface area (TPSA) is 79.7 Å². The summed E-state index contributed by atoms with van der Waals surface area (Å²) in [5, 5.41) is 0. The van der Waals surface area contributed by atoms with E-state index in [4.69, 9.17) is 25.7 Å². The summed E-state index contributed by atoms with van der Waals surface area (Å²) in [6.45, 7) is 6.46. The van der Waals surface area contributed by atoms with E-state index in [2.05, 4.69) is 0 Å². The maximum atomic E-state index is 6.08. The first-order chi connectivity index (χ1) is 8.11. The molecule has 5 heteroatoms. The van der Waals surface area contributed by atoms with Crippen LogP contribution in [0.4, 0.5) is 0 Å². The Kier molecular flexibility index (Phi) is 10.8. The van der Waals surface area contributed by atoms with E-state index in [1.54, 1.807) is 7.11 Å². The van der Waals surface area contributed by atoms with Crippen molar-refractivity contribution in [2.45, 2.75) is 44.9 Å². The van der Waals surface area contributed by atoms with Crippen LogP contribution in [0.3, 0.4) is 0 Å². The zero-order valence-electron chi connectivity index (χ0n) is 11.4. The van der Waals surface area contributed by atoms with Gasteiger partial charge < -0.3 is 25.7 Å². The van der Waals surface area contributed by atoms with E-state index >= 15 is 0 Å². The summed E-state index contributed by atoms with van der Waals surface area (Å²) in [6, 6.07) is -0.0245. The second-order valence-electron chi connectivity index (χ2n) is 4.36. The van der Waals surface area contributed by atoms with Crippen LogP contribution in [0.1, 0.15) is 26.7 Å². The Morgan fingerprint density at radius 1 is 1.06 bits per heavy atom. The molecule has 0 bridgehead atoms. The van der Waals surface area contributed by atoms with E-state index in [9.17, 15) is 0 Å². The van der Waals surface area contributed by atoms with Gasteiger partial charge in [-0.1, -0.05) is 0 Å². The molecule has 2 unspecified atom stereocenters. The van der Waals surface area contributed by atoms with Gasteiger partial charge in [0.15, 0.2) is 0 Å². The summed E-state index contributed by atoms with van der Waals surface area (Å²) < 4.78 is 16.0. The molecular formula is C12H28N2O3. The van der Waals surface area contributed by atoms with E-state index in [0.717, 1.165) is 12.8 Å². The fraction of sp³-hybridized carbons (Fsp3) is 1.00. The molecule has 0 aromatic rings. The van der Waals surface area contributed by atoms with Crippen LogP contribution < -0.4 is 11.5 Å². The third-order valence-electron chi connectivity index (χ3n) is 2.40. The van der Waals surface area contributed by atoms with Crippen LogP contribution in [0, 0.1) is 0 Å². The van der Waals surface area contributed by atoms with Gasteiger partial charge in [-0.25, -0.2) is 0 Å². The highest BCUT2D eigenvalue weighted by Crippen LogP contribution is 2.08. The number of hydrogen-bond acceptors (Lipinski definition) is 5. The Hall–Kier alpha value is -0.200. The van der Waals surface area contributed by atoms with Gasteiger partial charge in [0.05, 0.1) is 25.4 Å². The quantitative estimate of drug-likeness (QED) is 0.521. The van der Waals surface area contributed by atoms with E-state index < -0.39 is 0 Å². The molecule has 5 nitrogen and oxygen atoms in total. The zero-order chi connectivity index (χ0) is 13.1. The van der Waals surface area contributed by atoms with Gasteiger partial charge in [-0.15, -0.1) is 0 Å². The minimum atomic E-state index is -0.0245. The molecule has 0 aliphatic carbocycles. The fourth-order valence-electron chi connectivity index (χ4n) is 1.55. The van der Waals surface area contributed by atoms with Crippen molar-refractivity contribution in [2.24, 2.45) is 11.5 Å². The molecule has 2 atom stereocenters. The first kappa shape index (κ1) is 16.8. The van der Waals surface area contributed by atoms with Crippen molar-refractivity contribution in [1.82, 2.24) is 0 Å². The summed E-state index contributed by atoms with van der Waals surface area (Å²) >= 11 is 0. The summed E-state index contributed by atoms with van der Waals surface area (Å²) in [5.41, 5.74) is 11.6. The van der Waals surface area contributed by atoms with Crippen LogP contribution in [0.5, 0.6) is 0 Å². The van der Waals surface area contributed by atoms with Crippen molar-refractivity contribution < 1.29 is 14.2 Å². The SMILES string of the molecule is COCCOCCC(N)C(CCN)OC(C)C. The molecule has 0 saturated carbocycles. The standard InChI is InChI=1S/C12H28N2O3/c1-10(2)17-12(4-6-13)11(14)5-7-16-9-8-15-3/h10-12H,4-9,13-14H2,1-3H3. The Labute approximate surface area is 105 Å². The molecule has 0 rings (SSSR count). The molecule has 0 aliphatic heterocycles. The van der Waals surface area contributed by atoms with Gasteiger partial charge in [0.25, 0.3) is 0 Å². The lowest BCUT2D eigenvalue weighted by molar-refractivity contribution is -0.0178. The van der Waals surface area contributed by atoms with Gasteiger partial charge in [0, 0.05) is 19.8 Å². The average Bonchev–Trinajstić information content (AvgIpc) is 2.27. The lowest BCUT2D eigenvalue weighted by Gasteiger charge is -2.25. The van der Waals surface area contributed by atoms with Crippen LogP contribution >= 0.6 is 0 Å². The second-order valence-corrected chi connectivity index (χ2v) is 4.36. The Morgan fingerprint density at radius 3 is 2.29 bits per heavy atom. The van der Waals surface area contributed by atoms with Crippen LogP contribution in [0.25, 0.3) is 0 Å². The minimum absolute atomic E-state index is 0.0195. The first-order valence-corrected chi connectivity index (χ1v) is 6.29. The molecule has 4 N–H and O–H groups in total. The highest BCUT2D eigenvalue weighted by Gasteiger charge is 2.18. The number of ether oxygens (including phenoxy) is 3. The van der Waals surface area contributed by atoms with Crippen LogP contribution in [0.2, 0.25) is 0 Å². The van der Waals surface area contributed by atoms with Crippen molar-refractivity contribution in [3.05, 3.63) is 0 Å². The highest BCUT2D eigenvalue weighted by molar-refractivity contribution is 4.74. The normalized spacial score (nSPS) is 15.2. The molecule has 0 spiro atoms. The predicted molar refractivity (Wildman–Crippen MR) is 69.0 cm³/mol. The molecular weight excluding hydrogens is 220 g/mol. The van der Waals surface area contributed by atoms with Crippen molar-refractivity contribution in [2.75, 3.05) is 33.5 Å².